The molecule has 15 nitrogen and oxygen atoms in total. The van der Waals surface area contributed by atoms with Crippen LogP contribution in [0.15, 0.2) is 41.9 Å². The third-order valence-electron chi connectivity index (χ3n) is 12.6. The van der Waals surface area contributed by atoms with Gasteiger partial charge in [0.1, 0.15) is 12.1 Å². The summed E-state index contributed by atoms with van der Waals surface area (Å²) in [5.74, 6) is 3.24. The fraction of sp³-hybridized carbons (Fsp3) is 0.542. The Balaban J connectivity index is 1.16. The predicted molar refractivity (Wildman–Crippen MR) is 246 cm³/mol. The van der Waals surface area contributed by atoms with E-state index in [1.807, 2.05) is 57.3 Å². The normalized spacial score (nSPS) is 20.4. The number of cyclic esters (lactones) is 1. The highest BCUT2D eigenvalue weighted by molar-refractivity contribution is 7.10. The molecular formula is C48H61FN8O7S. The highest BCUT2D eigenvalue weighted by atomic mass is 32.1. The molecule has 0 radical (unpaired) electrons. The van der Waals surface area contributed by atoms with E-state index in [2.05, 4.69) is 66.1 Å². The smallest absolute Gasteiger partial charge is 0.324 e. The van der Waals surface area contributed by atoms with Crippen LogP contribution in [0.5, 0.6) is 0 Å². The standard InChI is InChI=1S/C48H61FN8O7S/c1-10-56-39-16-15-30-21-33(39)34(43(56)32-13-11-19-50-42(32)29(2)62-9)23-47(3,4)28-64-46(61)36-14-12-20-57(53-36)45(60)37(22-40-51-38(30)27-65-40)52-44(59)35(49)26-63-31-24-55(25-31)41(58)17-18-48(5,6)54(7)8/h11,13,15-16,19,21,27,29,31,35-37,53H,10,12,14,20,22-26,28H2,1-9H3,(H,52,59)/t29-,35+,36-,37-/m0/s1. The molecule has 65 heavy (non-hydrogen) atoms. The minimum absolute atomic E-state index is 0.0268. The summed E-state index contributed by atoms with van der Waals surface area (Å²) < 4.78 is 35.4. The number of halogens is 1. The molecule has 2 N–H and O–H groups in total. The van der Waals surface area contributed by atoms with Crippen LogP contribution in [0.2, 0.25) is 0 Å². The van der Waals surface area contributed by atoms with Crippen molar-refractivity contribution in [2.75, 3.05) is 54.1 Å². The first-order valence-electron chi connectivity index (χ1n) is 22.3. The van der Waals surface area contributed by atoms with E-state index in [-0.39, 0.29) is 44.7 Å². The zero-order valence-electron chi connectivity index (χ0n) is 38.8. The number of benzene rings is 1. The largest absolute Gasteiger partial charge is 0.464 e. The highest BCUT2D eigenvalue weighted by Crippen LogP contribution is 2.42. The fourth-order valence-corrected chi connectivity index (χ4v) is 9.08. The second-order valence-electron chi connectivity index (χ2n) is 18.6. The number of pyridine rings is 1. The maximum atomic E-state index is 15.6. The molecule has 0 unspecified atom stereocenters. The van der Waals surface area contributed by atoms with Gasteiger partial charge in [-0.1, -0.05) is 25.8 Å². The van der Waals surface area contributed by atoms with E-state index in [1.54, 1.807) is 13.3 Å². The monoisotopic (exact) mass is 912 g/mol. The SMILES string of the molecule is CCn1c(-c2cccnc2[C@H](C)OC)c2c3cc(ccc31)-c1csc(n1)C[C@H](NC(=O)[C@H](F)COC1CN(C(=O)C#CC(C)(C)N(C)C)C1)C(=O)N1CCC[C@H](N1)C(=O)OCC(C)(C)C2. The van der Waals surface area contributed by atoms with Gasteiger partial charge in [-0.15, -0.1) is 11.3 Å². The zero-order chi connectivity index (χ0) is 46.8. The number of nitrogens with one attached hydrogen (secondary N) is 2. The Kier molecular flexibility index (Phi) is 14.5. The molecule has 348 valence electrons. The van der Waals surface area contributed by atoms with Crippen LogP contribution in [0.4, 0.5) is 4.39 Å². The quantitative estimate of drug-likeness (QED) is 0.161. The number of hydrogen-bond donors (Lipinski definition) is 2. The fourth-order valence-electron chi connectivity index (χ4n) is 8.23. The average Bonchev–Trinajstić information content (AvgIpc) is 3.87. The number of methoxy groups -OCH3 is 1. The van der Waals surface area contributed by atoms with E-state index < -0.39 is 59.7 Å². The summed E-state index contributed by atoms with van der Waals surface area (Å²) in [5, 5.41) is 7.45. The lowest BCUT2D eigenvalue weighted by molar-refractivity contribution is -0.155. The maximum absolute atomic E-state index is 15.6. The van der Waals surface area contributed by atoms with Crippen LogP contribution in [0.3, 0.4) is 0 Å². The molecule has 3 amide bonds. The summed E-state index contributed by atoms with van der Waals surface area (Å²) in [4.78, 5) is 67.2. The van der Waals surface area contributed by atoms with E-state index in [0.717, 1.165) is 39.0 Å². The topological polar surface area (TPSA) is 160 Å². The lowest BCUT2D eigenvalue weighted by atomic mass is 9.84. The molecule has 6 bridgehead atoms. The van der Waals surface area contributed by atoms with E-state index >= 15 is 4.39 Å². The lowest BCUT2D eigenvalue weighted by Crippen LogP contribution is -2.61. The number of alkyl halides is 1. The van der Waals surface area contributed by atoms with Crippen molar-refractivity contribution in [2.24, 2.45) is 5.41 Å². The average molecular weight is 913 g/mol. The van der Waals surface area contributed by atoms with E-state index in [4.69, 9.17) is 24.2 Å². The van der Waals surface area contributed by atoms with Crippen LogP contribution in [-0.4, -0.2) is 137 Å². The number of carbonyl (C=O) groups excluding carboxylic acids is 4. The highest BCUT2D eigenvalue weighted by Gasteiger charge is 2.38. The van der Waals surface area contributed by atoms with Gasteiger partial charge in [0.2, 0.25) is 6.17 Å². The van der Waals surface area contributed by atoms with Crippen LogP contribution in [-0.2, 0) is 52.8 Å². The first-order valence-corrected chi connectivity index (χ1v) is 23.1. The Hall–Kier alpha value is -5.25. The number of ether oxygens (including phenoxy) is 3. The minimum atomic E-state index is -2.10. The van der Waals surface area contributed by atoms with Gasteiger partial charge >= 0.3 is 5.97 Å². The van der Waals surface area contributed by atoms with Crippen molar-refractivity contribution in [2.45, 2.75) is 110 Å². The second-order valence-corrected chi connectivity index (χ2v) is 19.6. The molecule has 4 atom stereocenters. The number of aromatic nitrogens is 3. The van der Waals surface area contributed by atoms with Gasteiger partial charge in [-0.3, -0.25) is 34.1 Å². The van der Waals surface area contributed by atoms with Crippen molar-refractivity contribution in [3.05, 3.63) is 58.2 Å². The van der Waals surface area contributed by atoms with Crippen LogP contribution in [0.1, 0.15) is 76.8 Å². The van der Waals surface area contributed by atoms with Gasteiger partial charge in [0.25, 0.3) is 17.7 Å². The summed E-state index contributed by atoms with van der Waals surface area (Å²) in [6.45, 7) is 13.0. The Morgan fingerprint density at radius 2 is 1.97 bits per heavy atom. The summed E-state index contributed by atoms with van der Waals surface area (Å²) in [5.41, 5.74) is 8.49. The molecule has 0 aliphatic carbocycles. The number of esters is 1. The number of thiazole rings is 1. The number of aryl methyl sites for hydroxylation is 1. The number of fused-ring (bicyclic) bond motifs is 6. The van der Waals surface area contributed by atoms with Gasteiger partial charge in [0, 0.05) is 78.7 Å². The molecular weight excluding hydrogens is 852 g/mol. The molecule has 3 aromatic heterocycles. The van der Waals surface area contributed by atoms with Crippen molar-refractivity contribution in [1.29, 1.82) is 0 Å². The van der Waals surface area contributed by atoms with Crippen molar-refractivity contribution < 1.29 is 37.8 Å². The van der Waals surface area contributed by atoms with Gasteiger partial charge in [0.15, 0.2) is 0 Å². The van der Waals surface area contributed by atoms with Gasteiger partial charge in [0.05, 0.1) is 53.1 Å². The van der Waals surface area contributed by atoms with E-state index in [0.29, 0.717) is 36.5 Å². The molecule has 0 spiro atoms. The first-order chi connectivity index (χ1) is 30.9. The molecule has 3 aliphatic rings. The van der Waals surface area contributed by atoms with E-state index in [1.165, 1.54) is 21.2 Å². The van der Waals surface area contributed by atoms with Crippen molar-refractivity contribution in [3.63, 3.8) is 0 Å². The van der Waals surface area contributed by atoms with Gasteiger partial charge in [-0.2, -0.15) is 0 Å². The Morgan fingerprint density at radius 3 is 2.69 bits per heavy atom. The molecule has 6 heterocycles. The molecule has 17 heteroatoms. The van der Waals surface area contributed by atoms with E-state index in [9.17, 15) is 19.2 Å². The van der Waals surface area contributed by atoms with Crippen LogP contribution >= 0.6 is 11.3 Å². The Bertz CT molecular complexity index is 2480. The molecule has 1 aromatic carbocycles. The van der Waals surface area contributed by atoms with Crippen molar-refractivity contribution >= 4 is 45.9 Å². The second kappa shape index (κ2) is 19.7. The number of rotatable bonds is 10. The number of hydrazine groups is 1. The maximum Gasteiger partial charge on any atom is 0.324 e. The molecule has 7 rings (SSSR count). The van der Waals surface area contributed by atoms with Crippen molar-refractivity contribution in [3.8, 4) is 34.4 Å². The number of hydrogen-bond acceptors (Lipinski definition) is 12. The molecule has 0 saturated carbocycles. The summed E-state index contributed by atoms with van der Waals surface area (Å²) in [6.07, 6.45) is 0.411. The first kappa shape index (κ1) is 47.7. The predicted octanol–water partition coefficient (Wildman–Crippen LogP) is 5.11. The molecule has 4 aromatic rings. The molecule has 2 saturated heterocycles. The van der Waals surface area contributed by atoms with Gasteiger partial charge in [-0.25, -0.2) is 14.8 Å². The number of likely N-dealkylation sites (tertiary alicyclic amines) is 1. The third kappa shape index (κ3) is 10.6. The van der Waals surface area contributed by atoms with Crippen molar-refractivity contribution in [1.82, 2.24) is 40.1 Å². The minimum Gasteiger partial charge on any atom is -0.464 e. The van der Waals surface area contributed by atoms with Crippen LogP contribution in [0, 0.1) is 17.3 Å². The van der Waals surface area contributed by atoms with Crippen LogP contribution < -0.4 is 10.7 Å². The summed E-state index contributed by atoms with van der Waals surface area (Å²) in [6, 6.07) is 8.23. The Labute approximate surface area is 384 Å². The zero-order valence-corrected chi connectivity index (χ0v) is 39.6. The summed E-state index contributed by atoms with van der Waals surface area (Å²) >= 11 is 1.34. The Morgan fingerprint density at radius 1 is 1.20 bits per heavy atom. The number of carbonyl (C=O) groups is 4. The summed E-state index contributed by atoms with van der Waals surface area (Å²) in [7, 11) is 5.43. The molecule has 2 fully saturated rings. The number of nitrogens with zero attached hydrogens (tertiary/aromatic N) is 6. The third-order valence-corrected chi connectivity index (χ3v) is 13.5. The number of amides is 3. The molecule has 3 aliphatic heterocycles. The van der Waals surface area contributed by atoms with Gasteiger partial charge in [-0.05, 0) is 96.8 Å². The van der Waals surface area contributed by atoms with Crippen LogP contribution in [0.25, 0.3) is 33.4 Å². The van der Waals surface area contributed by atoms with Gasteiger partial charge < -0.3 is 29.0 Å². The lowest BCUT2D eigenvalue weighted by Gasteiger charge is -2.38.